The first-order valence-electron chi connectivity index (χ1n) is 11.7. The van der Waals surface area contributed by atoms with Gasteiger partial charge in [-0.15, -0.1) is 0 Å². The highest BCUT2D eigenvalue weighted by Gasteiger charge is 2.33. The van der Waals surface area contributed by atoms with Gasteiger partial charge >= 0.3 is 6.09 Å². The summed E-state index contributed by atoms with van der Waals surface area (Å²) in [5.74, 6) is 2.27. The molecule has 0 unspecified atom stereocenters. The van der Waals surface area contributed by atoms with Gasteiger partial charge in [0.15, 0.2) is 17.2 Å². The van der Waals surface area contributed by atoms with Crippen LogP contribution in [-0.4, -0.2) is 97.3 Å². The molecule has 5 rings (SSSR count). The molecule has 0 spiro atoms. The van der Waals surface area contributed by atoms with Crippen LogP contribution in [0.1, 0.15) is 12.0 Å². The summed E-state index contributed by atoms with van der Waals surface area (Å²) in [5.41, 5.74) is 6.81. The van der Waals surface area contributed by atoms with Crippen LogP contribution >= 0.6 is 0 Å². The van der Waals surface area contributed by atoms with Gasteiger partial charge in [0, 0.05) is 31.7 Å². The second kappa shape index (κ2) is 10.7. The molecule has 2 aromatic rings. The number of nitrogens with two attached hydrogens (primary N) is 1. The Labute approximate surface area is 207 Å². The van der Waals surface area contributed by atoms with Crippen LogP contribution in [0.3, 0.4) is 0 Å². The van der Waals surface area contributed by atoms with Crippen LogP contribution in [0.4, 0.5) is 16.4 Å². The lowest BCUT2D eigenvalue weighted by Gasteiger charge is -2.28. The number of morpholine rings is 1. The molecule has 1 saturated heterocycles. The number of carbonyl (C=O) groups excluding carboxylic acids is 1. The Morgan fingerprint density at radius 1 is 1.19 bits per heavy atom. The predicted molar refractivity (Wildman–Crippen MR) is 131 cm³/mol. The number of benzene rings is 1. The first kappa shape index (κ1) is 23.8. The van der Waals surface area contributed by atoms with Crippen molar-refractivity contribution in [2.45, 2.75) is 6.42 Å². The Hall–Kier alpha value is -3.97. The third-order valence-electron chi connectivity index (χ3n) is 5.91. The Kier molecular flexibility index (Phi) is 7.09. The van der Waals surface area contributed by atoms with E-state index in [4.69, 9.17) is 24.7 Å². The van der Waals surface area contributed by atoms with Crippen molar-refractivity contribution in [1.82, 2.24) is 25.1 Å². The summed E-state index contributed by atoms with van der Waals surface area (Å²) in [6.45, 7) is 6.05. The predicted octanol–water partition coefficient (Wildman–Crippen LogP) is 1.02. The molecule has 0 saturated carbocycles. The monoisotopic (exact) mass is 496 g/mol. The SMILES string of the molecule is COc1c(OCCCN2CCOCC2)ccc2c1N=C(NC(=O)Oc1cnc(N)nc1)N1CCN=C21. The number of guanidine groups is 1. The number of carbonyl (C=O) groups is 1. The molecule has 13 nitrogen and oxygen atoms in total. The van der Waals surface area contributed by atoms with Crippen molar-refractivity contribution in [3.05, 3.63) is 30.1 Å². The fourth-order valence-corrected chi connectivity index (χ4v) is 4.20. The Morgan fingerprint density at radius 3 is 2.78 bits per heavy atom. The van der Waals surface area contributed by atoms with E-state index in [2.05, 4.69) is 30.2 Å². The first-order chi connectivity index (χ1) is 17.6. The van der Waals surface area contributed by atoms with E-state index in [1.807, 2.05) is 17.0 Å². The molecule has 3 aliphatic heterocycles. The van der Waals surface area contributed by atoms with Crippen LogP contribution in [0.25, 0.3) is 0 Å². The van der Waals surface area contributed by atoms with E-state index in [1.54, 1.807) is 7.11 Å². The van der Waals surface area contributed by atoms with Crippen molar-refractivity contribution in [2.75, 3.05) is 65.4 Å². The normalized spacial score (nSPS) is 17.0. The second-order valence-electron chi connectivity index (χ2n) is 8.23. The minimum absolute atomic E-state index is 0.0835. The average molecular weight is 497 g/mol. The molecule has 4 heterocycles. The van der Waals surface area contributed by atoms with Crippen LogP contribution in [0.15, 0.2) is 34.5 Å². The number of amides is 1. The summed E-state index contributed by atoms with van der Waals surface area (Å²) in [5, 5.41) is 2.69. The smallest absolute Gasteiger partial charge is 0.419 e. The number of aromatic nitrogens is 2. The van der Waals surface area contributed by atoms with Crippen molar-refractivity contribution in [3.63, 3.8) is 0 Å². The molecule has 1 fully saturated rings. The first-order valence-corrected chi connectivity index (χ1v) is 11.7. The highest BCUT2D eigenvalue weighted by Crippen LogP contribution is 2.43. The number of nitrogen functional groups attached to an aromatic ring is 1. The minimum atomic E-state index is -0.744. The molecular formula is C23H28N8O5. The van der Waals surface area contributed by atoms with Crippen LogP contribution in [0.5, 0.6) is 17.2 Å². The summed E-state index contributed by atoms with van der Waals surface area (Å²) >= 11 is 0. The number of anilines is 1. The zero-order valence-electron chi connectivity index (χ0n) is 20.0. The number of methoxy groups -OCH3 is 1. The summed E-state index contributed by atoms with van der Waals surface area (Å²) in [4.78, 5) is 33.7. The molecule has 1 aromatic carbocycles. The standard InChI is InChI=1S/C23H28N8O5/c1-33-19-17(35-10-2-6-30-8-11-34-12-9-30)4-3-16-18(19)28-22(31-7-5-25-20(16)31)29-23(32)36-15-13-26-21(24)27-14-15/h3-4,13-14H,2,5-12H2,1H3,(H2,24,26,27)(H,28,29,32). The van der Waals surface area contributed by atoms with Gasteiger partial charge in [-0.05, 0) is 18.6 Å². The number of ether oxygens (including phenoxy) is 4. The highest BCUT2D eigenvalue weighted by molar-refractivity contribution is 6.18. The van der Waals surface area contributed by atoms with Crippen LogP contribution in [0, 0.1) is 0 Å². The number of hydrogen-bond acceptors (Lipinski definition) is 12. The Morgan fingerprint density at radius 2 is 2.00 bits per heavy atom. The Bertz CT molecular complexity index is 1160. The third-order valence-corrected chi connectivity index (χ3v) is 5.91. The summed E-state index contributed by atoms with van der Waals surface area (Å²) < 4.78 is 22.4. The van der Waals surface area contributed by atoms with Gasteiger partial charge in [-0.25, -0.2) is 19.8 Å². The number of hydrogen-bond donors (Lipinski definition) is 2. The fraction of sp³-hybridized carbons (Fsp3) is 0.435. The number of amidine groups is 1. The van der Waals surface area contributed by atoms with E-state index in [1.165, 1.54) is 12.4 Å². The van der Waals surface area contributed by atoms with E-state index in [9.17, 15) is 4.79 Å². The van der Waals surface area contributed by atoms with Gasteiger partial charge in [0.2, 0.25) is 11.9 Å². The molecule has 3 aliphatic rings. The summed E-state index contributed by atoms with van der Waals surface area (Å²) in [7, 11) is 1.57. The van der Waals surface area contributed by atoms with E-state index in [0.717, 1.165) is 44.8 Å². The van der Waals surface area contributed by atoms with Gasteiger partial charge in [0.1, 0.15) is 11.5 Å². The molecule has 1 aromatic heterocycles. The molecule has 0 aliphatic carbocycles. The van der Waals surface area contributed by atoms with Crippen LogP contribution in [-0.2, 0) is 4.74 Å². The zero-order valence-corrected chi connectivity index (χ0v) is 20.0. The molecule has 0 bridgehead atoms. The maximum Gasteiger partial charge on any atom is 0.419 e. The lowest BCUT2D eigenvalue weighted by Crippen LogP contribution is -2.48. The highest BCUT2D eigenvalue weighted by atomic mass is 16.6. The molecule has 0 atom stereocenters. The van der Waals surface area contributed by atoms with Crippen LogP contribution in [0.2, 0.25) is 0 Å². The lowest BCUT2D eigenvalue weighted by atomic mass is 10.1. The van der Waals surface area contributed by atoms with E-state index < -0.39 is 6.09 Å². The van der Waals surface area contributed by atoms with E-state index in [-0.39, 0.29) is 17.7 Å². The van der Waals surface area contributed by atoms with Crippen molar-refractivity contribution in [1.29, 1.82) is 0 Å². The number of rotatable bonds is 7. The van der Waals surface area contributed by atoms with Gasteiger partial charge in [-0.1, -0.05) is 0 Å². The van der Waals surface area contributed by atoms with Gasteiger partial charge in [-0.2, -0.15) is 0 Å². The number of nitrogens with one attached hydrogen (secondary N) is 1. The summed E-state index contributed by atoms with van der Waals surface area (Å²) in [6, 6.07) is 3.78. The largest absolute Gasteiger partial charge is 0.491 e. The third kappa shape index (κ3) is 5.16. The summed E-state index contributed by atoms with van der Waals surface area (Å²) in [6.07, 6.45) is 2.76. The van der Waals surface area contributed by atoms with Crippen molar-refractivity contribution in [2.24, 2.45) is 9.98 Å². The van der Waals surface area contributed by atoms with Gasteiger partial charge in [0.25, 0.3) is 0 Å². The van der Waals surface area contributed by atoms with Gasteiger partial charge < -0.3 is 24.7 Å². The average Bonchev–Trinajstić information content (AvgIpc) is 3.39. The number of nitrogens with zero attached hydrogens (tertiary/aromatic N) is 6. The molecular weight excluding hydrogens is 468 g/mol. The quantitative estimate of drug-likeness (QED) is 0.532. The van der Waals surface area contributed by atoms with Crippen LogP contribution < -0.4 is 25.3 Å². The van der Waals surface area contributed by atoms with Crippen molar-refractivity contribution < 1.29 is 23.7 Å². The second-order valence-corrected chi connectivity index (χ2v) is 8.23. The van der Waals surface area contributed by atoms with Crippen molar-refractivity contribution >= 4 is 29.5 Å². The van der Waals surface area contributed by atoms with Gasteiger partial charge in [-0.3, -0.25) is 20.1 Å². The topological polar surface area (TPSA) is 149 Å². The maximum atomic E-state index is 12.6. The zero-order chi connectivity index (χ0) is 24.9. The molecule has 3 N–H and O–H groups in total. The number of aliphatic imine (C=N–C) groups is 2. The van der Waals surface area contributed by atoms with E-state index >= 15 is 0 Å². The van der Waals surface area contributed by atoms with E-state index in [0.29, 0.717) is 42.7 Å². The van der Waals surface area contributed by atoms with Gasteiger partial charge in [0.05, 0.1) is 45.9 Å². The lowest BCUT2D eigenvalue weighted by molar-refractivity contribution is 0.0357. The van der Waals surface area contributed by atoms with Crippen molar-refractivity contribution in [3.8, 4) is 17.2 Å². The maximum absolute atomic E-state index is 12.6. The molecule has 1 amide bonds. The molecule has 0 radical (unpaired) electrons. The molecule has 36 heavy (non-hydrogen) atoms. The molecule has 13 heteroatoms. The molecule has 190 valence electrons. The Balaban J connectivity index is 1.31. The fourth-order valence-electron chi connectivity index (χ4n) is 4.20. The minimum Gasteiger partial charge on any atom is -0.491 e. The number of fused-ring (bicyclic) bond motifs is 3.